The Morgan fingerprint density at radius 3 is 2.46 bits per heavy atom. The molecule has 0 unspecified atom stereocenters. The maximum atomic E-state index is 11.7. The summed E-state index contributed by atoms with van der Waals surface area (Å²) in [6.45, 7) is 3.49. The molecule has 2 aromatic heterocycles. The van der Waals surface area contributed by atoms with Crippen molar-refractivity contribution >= 4 is 11.6 Å². The Hall–Kier alpha value is -2.73. The summed E-state index contributed by atoms with van der Waals surface area (Å²) in [6.07, 6.45) is 3.87. The predicted octanol–water partition coefficient (Wildman–Crippen LogP) is 2.82. The second-order valence-corrected chi connectivity index (χ2v) is 7.35. The standard InChI is InChI=1S/C20H21N3O3/c1-19(2,25)15-5-4-12-23-16(15)21-22-18(23)20(10-11-20)14-8-6-13(7-9-14)17(24)26-3/h4-9,12,25H,10-11H2,1-3H3. The molecular weight excluding hydrogens is 330 g/mol. The second kappa shape index (κ2) is 5.64. The first-order chi connectivity index (χ1) is 12.4. The molecule has 2 heterocycles. The normalized spacial score (nSPS) is 15.8. The number of hydrogen-bond acceptors (Lipinski definition) is 5. The van der Waals surface area contributed by atoms with Crippen LogP contribution >= 0.6 is 0 Å². The maximum absolute atomic E-state index is 11.7. The lowest BCUT2D eigenvalue weighted by molar-refractivity contribution is 0.0600. The van der Waals surface area contributed by atoms with Crippen LogP contribution in [0.4, 0.5) is 0 Å². The van der Waals surface area contributed by atoms with E-state index in [2.05, 4.69) is 10.2 Å². The highest BCUT2D eigenvalue weighted by atomic mass is 16.5. The highest BCUT2D eigenvalue weighted by Crippen LogP contribution is 2.52. The third-order valence-corrected chi connectivity index (χ3v) is 5.13. The number of carbonyl (C=O) groups is 1. The minimum atomic E-state index is -0.994. The van der Waals surface area contributed by atoms with Crippen molar-refractivity contribution in [3.05, 3.63) is 65.1 Å². The fourth-order valence-electron chi connectivity index (χ4n) is 3.53. The van der Waals surface area contributed by atoms with Gasteiger partial charge in [0.25, 0.3) is 0 Å². The highest BCUT2D eigenvalue weighted by Gasteiger charge is 2.50. The third-order valence-electron chi connectivity index (χ3n) is 5.13. The number of methoxy groups -OCH3 is 1. The van der Waals surface area contributed by atoms with E-state index in [4.69, 9.17) is 4.74 Å². The van der Waals surface area contributed by atoms with Gasteiger partial charge >= 0.3 is 5.97 Å². The second-order valence-electron chi connectivity index (χ2n) is 7.35. The molecule has 1 N–H and O–H groups in total. The van der Waals surface area contributed by atoms with Gasteiger partial charge in [0, 0.05) is 11.8 Å². The van der Waals surface area contributed by atoms with Gasteiger partial charge in [-0.2, -0.15) is 0 Å². The number of aromatic nitrogens is 3. The first kappa shape index (κ1) is 16.7. The van der Waals surface area contributed by atoms with E-state index in [0.717, 1.165) is 29.8 Å². The van der Waals surface area contributed by atoms with Gasteiger partial charge in [-0.05, 0) is 50.5 Å². The molecule has 1 fully saturated rings. The van der Waals surface area contributed by atoms with Gasteiger partial charge in [-0.25, -0.2) is 4.79 Å². The van der Waals surface area contributed by atoms with Gasteiger partial charge in [-0.1, -0.05) is 18.2 Å². The molecular formula is C20H21N3O3. The number of benzene rings is 1. The van der Waals surface area contributed by atoms with Gasteiger partial charge < -0.3 is 9.84 Å². The molecule has 3 aromatic rings. The summed E-state index contributed by atoms with van der Waals surface area (Å²) < 4.78 is 6.73. The Labute approximate surface area is 151 Å². The summed E-state index contributed by atoms with van der Waals surface area (Å²) in [5.74, 6) is 0.522. The van der Waals surface area contributed by atoms with Gasteiger partial charge in [0.05, 0.1) is 23.7 Å². The van der Waals surface area contributed by atoms with Gasteiger partial charge in [-0.3, -0.25) is 4.40 Å². The zero-order valence-electron chi connectivity index (χ0n) is 15.1. The van der Waals surface area contributed by atoms with E-state index in [1.165, 1.54) is 7.11 Å². The lowest BCUT2D eigenvalue weighted by atomic mass is 9.94. The molecule has 134 valence electrons. The molecule has 0 radical (unpaired) electrons. The molecule has 4 rings (SSSR count). The number of fused-ring (bicyclic) bond motifs is 1. The van der Waals surface area contributed by atoms with Crippen LogP contribution in [0.2, 0.25) is 0 Å². The number of aliphatic hydroxyl groups is 1. The SMILES string of the molecule is COC(=O)c1ccc(C2(c3nnc4c(C(C)(C)O)cccn34)CC2)cc1. The zero-order valence-corrected chi connectivity index (χ0v) is 15.1. The molecule has 26 heavy (non-hydrogen) atoms. The quantitative estimate of drug-likeness (QED) is 0.732. The molecule has 6 heteroatoms. The van der Waals surface area contributed by atoms with E-state index in [1.807, 2.05) is 34.9 Å². The Morgan fingerprint density at radius 1 is 1.19 bits per heavy atom. The van der Waals surface area contributed by atoms with E-state index in [1.54, 1.807) is 26.0 Å². The summed E-state index contributed by atoms with van der Waals surface area (Å²) in [5, 5.41) is 19.2. The Bertz CT molecular complexity index is 980. The van der Waals surface area contributed by atoms with Crippen molar-refractivity contribution in [1.29, 1.82) is 0 Å². The average molecular weight is 351 g/mol. The fraction of sp³-hybridized carbons (Fsp3) is 0.350. The van der Waals surface area contributed by atoms with Crippen LogP contribution in [0.5, 0.6) is 0 Å². The van der Waals surface area contributed by atoms with Crippen LogP contribution in [0.15, 0.2) is 42.6 Å². The fourth-order valence-corrected chi connectivity index (χ4v) is 3.53. The molecule has 0 aliphatic heterocycles. The molecule has 1 aromatic carbocycles. The minimum absolute atomic E-state index is 0.202. The smallest absolute Gasteiger partial charge is 0.337 e. The van der Waals surface area contributed by atoms with E-state index in [9.17, 15) is 9.90 Å². The van der Waals surface area contributed by atoms with Crippen molar-refractivity contribution < 1.29 is 14.6 Å². The van der Waals surface area contributed by atoms with Crippen molar-refractivity contribution in [3.8, 4) is 0 Å². The van der Waals surface area contributed by atoms with Gasteiger partial charge in [0.15, 0.2) is 5.65 Å². The van der Waals surface area contributed by atoms with E-state index in [-0.39, 0.29) is 11.4 Å². The van der Waals surface area contributed by atoms with Crippen LogP contribution in [0.25, 0.3) is 5.65 Å². The third kappa shape index (κ3) is 2.49. The van der Waals surface area contributed by atoms with Crippen LogP contribution in [-0.4, -0.2) is 32.8 Å². The molecule has 0 saturated heterocycles. The van der Waals surface area contributed by atoms with Crippen molar-refractivity contribution in [2.75, 3.05) is 7.11 Å². The summed E-state index contributed by atoms with van der Waals surface area (Å²) >= 11 is 0. The van der Waals surface area contributed by atoms with Crippen LogP contribution in [0.3, 0.4) is 0 Å². The Morgan fingerprint density at radius 2 is 1.88 bits per heavy atom. The topological polar surface area (TPSA) is 76.7 Å². The largest absolute Gasteiger partial charge is 0.465 e. The number of rotatable bonds is 4. The summed E-state index contributed by atoms with van der Waals surface area (Å²) in [7, 11) is 1.38. The minimum Gasteiger partial charge on any atom is -0.465 e. The van der Waals surface area contributed by atoms with E-state index >= 15 is 0 Å². The highest BCUT2D eigenvalue weighted by molar-refractivity contribution is 5.89. The first-order valence-electron chi connectivity index (χ1n) is 8.63. The predicted molar refractivity (Wildman–Crippen MR) is 96.0 cm³/mol. The number of carbonyl (C=O) groups excluding carboxylic acids is 1. The average Bonchev–Trinajstić information content (AvgIpc) is 3.32. The number of pyridine rings is 1. The van der Waals surface area contributed by atoms with Crippen LogP contribution in [0.1, 0.15) is 54.0 Å². The van der Waals surface area contributed by atoms with E-state index < -0.39 is 5.60 Å². The molecule has 0 amide bonds. The first-order valence-corrected chi connectivity index (χ1v) is 8.63. The zero-order chi connectivity index (χ0) is 18.5. The molecule has 0 atom stereocenters. The maximum Gasteiger partial charge on any atom is 0.337 e. The molecule has 1 aliphatic rings. The van der Waals surface area contributed by atoms with E-state index in [0.29, 0.717) is 11.2 Å². The summed E-state index contributed by atoms with van der Waals surface area (Å²) in [6, 6.07) is 11.3. The van der Waals surface area contributed by atoms with Crippen molar-refractivity contribution in [2.24, 2.45) is 0 Å². The van der Waals surface area contributed by atoms with Crippen LogP contribution < -0.4 is 0 Å². The van der Waals surface area contributed by atoms with Crippen molar-refractivity contribution in [1.82, 2.24) is 14.6 Å². The lowest BCUT2D eigenvalue weighted by Crippen LogP contribution is -2.18. The number of ether oxygens (including phenoxy) is 1. The number of esters is 1. The Kier molecular flexibility index (Phi) is 3.63. The molecule has 6 nitrogen and oxygen atoms in total. The van der Waals surface area contributed by atoms with Crippen molar-refractivity contribution in [2.45, 2.75) is 37.7 Å². The lowest BCUT2D eigenvalue weighted by Gasteiger charge is -2.19. The molecule has 0 bridgehead atoms. The van der Waals surface area contributed by atoms with Crippen LogP contribution in [-0.2, 0) is 15.8 Å². The monoisotopic (exact) mass is 351 g/mol. The van der Waals surface area contributed by atoms with Gasteiger partial charge in [-0.15, -0.1) is 10.2 Å². The summed E-state index contributed by atoms with van der Waals surface area (Å²) in [5.41, 5.74) is 1.86. The number of hydrogen-bond donors (Lipinski definition) is 1. The van der Waals surface area contributed by atoms with Crippen LogP contribution in [0, 0.1) is 0 Å². The Balaban J connectivity index is 1.79. The van der Waals surface area contributed by atoms with Gasteiger partial charge in [0.2, 0.25) is 0 Å². The molecule has 1 saturated carbocycles. The summed E-state index contributed by atoms with van der Waals surface area (Å²) in [4.78, 5) is 11.7. The number of nitrogens with zero attached hydrogens (tertiary/aromatic N) is 3. The van der Waals surface area contributed by atoms with Crippen molar-refractivity contribution in [3.63, 3.8) is 0 Å². The van der Waals surface area contributed by atoms with Gasteiger partial charge in [0.1, 0.15) is 5.82 Å². The molecule has 1 aliphatic carbocycles. The molecule has 0 spiro atoms.